The van der Waals surface area contributed by atoms with Crippen LogP contribution in [0.15, 0.2) is 115 Å². The maximum absolute atomic E-state index is 2.75. The molecule has 5 aliphatic rings. The van der Waals surface area contributed by atoms with Crippen LogP contribution in [0.2, 0.25) is 0 Å². The van der Waals surface area contributed by atoms with Gasteiger partial charge in [0.2, 0.25) is 0 Å². The Labute approximate surface area is 504 Å². The molecular weight excluding hydrogens is 1020 g/mol. The third-order valence-corrected chi connectivity index (χ3v) is 23.0. The maximum Gasteiger partial charge on any atom is 0.264 e. The van der Waals surface area contributed by atoms with Crippen molar-refractivity contribution in [1.82, 2.24) is 0 Å². The van der Waals surface area contributed by atoms with Crippen molar-refractivity contribution in [3.8, 4) is 11.1 Å². The topological polar surface area (TPSA) is 6.48 Å². The van der Waals surface area contributed by atoms with Gasteiger partial charge in [-0.25, -0.2) is 0 Å². The average molecular weight is 1110 g/mol. The van der Waals surface area contributed by atoms with Crippen LogP contribution in [-0.2, 0) is 48.7 Å². The number of hydrogen-bond donors (Lipinski definition) is 0. The molecule has 2 nitrogen and oxygen atoms in total. The first kappa shape index (κ1) is 56.3. The van der Waals surface area contributed by atoms with E-state index >= 15 is 0 Å². The van der Waals surface area contributed by atoms with Gasteiger partial charge in [0.05, 0.1) is 11.4 Å². The largest absolute Gasteiger partial charge is 0.311 e. The van der Waals surface area contributed by atoms with Gasteiger partial charge in [0.25, 0.3) is 6.71 Å². The molecule has 0 amide bonds. The summed E-state index contributed by atoms with van der Waals surface area (Å²) in [5.41, 5.74) is 30.1. The average Bonchev–Trinajstić information content (AvgIpc) is 1.66. The number of anilines is 6. The zero-order chi connectivity index (χ0) is 59.6. The van der Waals surface area contributed by atoms with Crippen molar-refractivity contribution in [3.63, 3.8) is 0 Å². The van der Waals surface area contributed by atoms with Crippen LogP contribution in [0.5, 0.6) is 0 Å². The Morgan fingerprint density at radius 2 is 0.880 bits per heavy atom. The van der Waals surface area contributed by atoms with Crippen LogP contribution >= 0.6 is 11.3 Å². The van der Waals surface area contributed by atoms with Crippen LogP contribution in [0.4, 0.5) is 34.1 Å². The normalized spacial score (nSPS) is 19.3. The summed E-state index contributed by atoms with van der Waals surface area (Å²) in [4.78, 5) is 5.49. The van der Waals surface area contributed by atoms with Gasteiger partial charge in [-0.1, -0.05) is 206 Å². The molecule has 4 heteroatoms. The van der Waals surface area contributed by atoms with Crippen molar-refractivity contribution >= 4 is 78.0 Å². The lowest BCUT2D eigenvalue weighted by atomic mass is 9.35. The standard InChI is InChI=1S/C79H93BN2S/c1-46-37-65-68-66(38-46)82(63-31-27-49(72(5,6)7)39-52(63)47-23-25-48(26-24-47)71(2,3)4)64-45-61-60(78(19,20)58-42-56-57(43-59(58)79(61,21)22)77(17,18)36-35-76(56,15)16)44-62(64)80(68)70-69(53-40-50(73(8,9)10)28-32-67(53)83-70)81(65)51-29-30-54-55(41-51)75(13,14)34-33-74(54,11)12/h23-32,37-45H,33-36H2,1-22H3. The van der Waals surface area contributed by atoms with E-state index in [1.54, 1.807) is 11.1 Å². The Morgan fingerprint density at radius 3 is 1.43 bits per heavy atom. The molecule has 0 saturated heterocycles. The van der Waals surface area contributed by atoms with E-state index in [1.165, 1.54) is 152 Å². The van der Waals surface area contributed by atoms with E-state index < -0.39 is 0 Å². The van der Waals surface area contributed by atoms with Gasteiger partial charge in [-0.15, -0.1) is 11.3 Å². The minimum atomic E-state index is -0.280. The minimum absolute atomic E-state index is 0.0150. The predicted molar refractivity (Wildman–Crippen MR) is 363 cm³/mol. The van der Waals surface area contributed by atoms with Crippen LogP contribution in [-0.4, -0.2) is 6.71 Å². The first-order valence-electron chi connectivity index (χ1n) is 31.5. The number of benzene rings is 7. The number of nitrogens with zero attached hydrogens (tertiary/aromatic N) is 2. The molecule has 0 spiro atoms. The van der Waals surface area contributed by atoms with Gasteiger partial charge in [-0.2, -0.15) is 0 Å². The summed E-state index contributed by atoms with van der Waals surface area (Å²) in [6, 6.07) is 48.0. The second-order valence-electron chi connectivity index (χ2n) is 33.3. The van der Waals surface area contributed by atoms with Crippen molar-refractivity contribution in [2.24, 2.45) is 0 Å². The summed E-state index contributed by atoms with van der Waals surface area (Å²) in [5.74, 6) is 0. The fourth-order valence-corrected chi connectivity index (χ4v) is 17.2. The molecule has 7 aromatic carbocycles. The maximum atomic E-state index is 2.75. The highest BCUT2D eigenvalue weighted by Crippen LogP contribution is 2.58. The monoisotopic (exact) mass is 1110 g/mol. The quantitative estimate of drug-likeness (QED) is 0.163. The number of aryl methyl sites for hydroxylation is 1. The Morgan fingerprint density at radius 1 is 0.410 bits per heavy atom. The summed E-state index contributed by atoms with van der Waals surface area (Å²) in [6.45, 7) is 53.6. The molecule has 0 N–H and O–H groups in total. The summed E-state index contributed by atoms with van der Waals surface area (Å²) in [6.07, 6.45) is 4.75. The highest BCUT2D eigenvalue weighted by atomic mass is 32.1. The third kappa shape index (κ3) is 8.41. The molecule has 3 aliphatic carbocycles. The van der Waals surface area contributed by atoms with E-state index in [9.17, 15) is 0 Å². The van der Waals surface area contributed by atoms with E-state index in [0.717, 1.165) is 0 Å². The Hall–Kier alpha value is -5.84. The van der Waals surface area contributed by atoms with Crippen molar-refractivity contribution in [2.75, 3.05) is 9.80 Å². The van der Waals surface area contributed by atoms with Gasteiger partial charge >= 0.3 is 0 Å². The van der Waals surface area contributed by atoms with E-state index in [1.807, 2.05) is 11.3 Å². The molecule has 0 fully saturated rings. The van der Waals surface area contributed by atoms with Crippen LogP contribution in [0.1, 0.15) is 238 Å². The molecular formula is C79H93BN2S. The lowest BCUT2D eigenvalue weighted by Crippen LogP contribution is -2.61. The minimum Gasteiger partial charge on any atom is -0.311 e. The summed E-state index contributed by atoms with van der Waals surface area (Å²) < 4.78 is 2.79. The molecule has 0 radical (unpaired) electrons. The summed E-state index contributed by atoms with van der Waals surface area (Å²) in [5, 5.41) is 1.36. The number of fused-ring (bicyclic) bond motifs is 10. The van der Waals surface area contributed by atoms with Crippen molar-refractivity contribution < 1.29 is 0 Å². The van der Waals surface area contributed by atoms with Gasteiger partial charge in [-0.3, -0.25) is 0 Å². The van der Waals surface area contributed by atoms with Gasteiger partial charge < -0.3 is 9.80 Å². The smallest absolute Gasteiger partial charge is 0.264 e. The first-order valence-corrected chi connectivity index (χ1v) is 32.3. The van der Waals surface area contributed by atoms with E-state index in [2.05, 4.69) is 277 Å². The van der Waals surface area contributed by atoms with Gasteiger partial charge in [0.15, 0.2) is 0 Å². The van der Waals surface area contributed by atoms with Crippen LogP contribution < -0.4 is 25.5 Å². The molecule has 13 rings (SSSR count). The first-order chi connectivity index (χ1) is 38.4. The lowest BCUT2D eigenvalue weighted by Gasteiger charge is -2.50. The van der Waals surface area contributed by atoms with Gasteiger partial charge in [0.1, 0.15) is 0 Å². The SMILES string of the molecule is Cc1cc2c3c(c1)N(c1ccc4c(c1)C(C)(C)CCC4(C)C)c1c(sc4ccc(C(C)(C)C)cc14)B3c1cc3c(cc1N2c1ccc(C(C)(C)C)cc1-c1ccc(C(C)(C)C)cc1)C(C)(C)c1cc2c(cc1C3(C)C)C(C)(C)CCC2(C)C. The Bertz CT molecular complexity index is 4050. The van der Waals surface area contributed by atoms with Crippen LogP contribution in [0, 0.1) is 6.92 Å². The highest BCUT2D eigenvalue weighted by Gasteiger charge is 2.51. The Balaban J connectivity index is 1.16. The molecule has 0 bridgehead atoms. The molecule has 0 atom stereocenters. The van der Waals surface area contributed by atoms with E-state index in [4.69, 9.17) is 0 Å². The van der Waals surface area contributed by atoms with Crippen molar-refractivity contribution in [1.29, 1.82) is 0 Å². The molecule has 3 heterocycles. The molecule has 1 aromatic heterocycles. The summed E-state index contributed by atoms with van der Waals surface area (Å²) in [7, 11) is 0. The molecule has 428 valence electrons. The molecule has 2 aliphatic heterocycles. The van der Waals surface area contributed by atoms with Gasteiger partial charge in [-0.05, 0) is 208 Å². The molecule has 0 saturated carbocycles. The van der Waals surface area contributed by atoms with Crippen molar-refractivity contribution in [3.05, 3.63) is 182 Å². The third-order valence-electron chi connectivity index (χ3n) is 21.8. The van der Waals surface area contributed by atoms with Crippen molar-refractivity contribution in [2.45, 2.75) is 227 Å². The van der Waals surface area contributed by atoms with E-state index in [-0.39, 0.29) is 55.4 Å². The second-order valence-corrected chi connectivity index (χ2v) is 34.4. The van der Waals surface area contributed by atoms with Gasteiger partial charge in [0, 0.05) is 54.0 Å². The number of thiophene rings is 1. The molecule has 0 unspecified atom stereocenters. The molecule has 8 aromatic rings. The zero-order valence-corrected chi connectivity index (χ0v) is 55.5. The summed E-state index contributed by atoms with van der Waals surface area (Å²) >= 11 is 2.04. The zero-order valence-electron chi connectivity index (χ0n) is 54.7. The number of rotatable bonds is 3. The van der Waals surface area contributed by atoms with E-state index in [0.29, 0.717) is 0 Å². The van der Waals surface area contributed by atoms with Crippen LogP contribution in [0.3, 0.4) is 0 Å². The second kappa shape index (κ2) is 17.6. The predicted octanol–water partition coefficient (Wildman–Crippen LogP) is 20.5. The number of hydrogen-bond acceptors (Lipinski definition) is 3. The van der Waals surface area contributed by atoms with Crippen LogP contribution in [0.25, 0.3) is 21.2 Å². The fraction of sp³-hybridized carbons (Fsp3) is 0.443. The molecule has 83 heavy (non-hydrogen) atoms. The fourth-order valence-electron chi connectivity index (χ4n) is 15.9. The lowest BCUT2D eigenvalue weighted by molar-refractivity contribution is 0.329. The highest BCUT2D eigenvalue weighted by molar-refractivity contribution is 7.33. The Kier molecular flexibility index (Phi) is 12.0.